The molecule has 2 heterocycles. The minimum Gasteiger partial charge on any atom is -0.378 e. The summed E-state index contributed by atoms with van der Waals surface area (Å²) in [6, 6.07) is 7.65. The maximum Gasteiger partial charge on any atom is 0.260 e. The van der Waals surface area contributed by atoms with Crippen molar-refractivity contribution in [2.24, 2.45) is 5.92 Å². The highest BCUT2D eigenvalue weighted by Crippen LogP contribution is 2.30. The van der Waals surface area contributed by atoms with Gasteiger partial charge in [0, 0.05) is 30.3 Å². The van der Waals surface area contributed by atoms with Crippen LogP contribution in [0.5, 0.6) is 0 Å². The van der Waals surface area contributed by atoms with Gasteiger partial charge in [-0.3, -0.25) is 9.59 Å². The zero-order chi connectivity index (χ0) is 21.8. The van der Waals surface area contributed by atoms with Gasteiger partial charge in [0.2, 0.25) is 5.91 Å². The van der Waals surface area contributed by atoms with Crippen molar-refractivity contribution >= 4 is 50.6 Å². The number of carbonyl (C=O) groups excluding carboxylic acids is 1. The highest BCUT2D eigenvalue weighted by molar-refractivity contribution is 7.99. The van der Waals surface area contributed by atoms with Gasteiger partial charge in [-0.2, -0.15) is 0 Å². The summed E-state index contributed by atoms with van der Waals surface area (Å²) in [5.41, 5.74) is 2.79. The fourth-order valence-electron chi connectivity index (χ4n) is 3.14. The van der Waals surface area contributed by atoms with Crippen LogP contribution in [0.2, 0.25) is 0 Å². The SMILES string of the molecule is CCC(C)Cc1c(C)sc2nc(SCC(=O)Nc3ccc(N(C)C)cc3)[nH]c(=O)c12. The molecule has 8 heteroatoms. The Morgan fingerprint density at radius 3 is 2.63 bits per heavy atom. The van der Waals surface area contributed by atoms with Gasteiger partial charge < -0.3 is 15.2 Å². The molecule has 2 aromatic heterocycles. The molecule has 1 amide bonds. The lowest BCUT2D eigenvalue weighted by atomic mass is 9.98. The first-order valence-electron chi connectivity index (χ1n) is 10.0. The number of fused-ring (bicyclic) bond motifs is 1. The van der Waals surface area contributed by atoms with E-state index in [0.717, 1.165) is 39.5 Å². The molecule has 6 nitrogen and oxygen atoms in total. The van der Waals surface area contributed by atoms with Crippen molar-refractivity contribution in [3.63, 3.8) is 0 Å². The number of aryl methyl sites for hydroxylation is 1. The molecule has 0 fully saturated rings. The van der Waals surface area contributed by atoms with Crippen molar-refractivity contribution in [2.45, 2.75) is 38.8 Å². The number of thiophene rings is 1. The molecule has 0 spiro atoms. The molecule has 2 N–H and O–H groups in total. The summed E-state index contributed by atoms with van der Waals surface area (Å²) in [6.45, 7) is 6.40. The lowest BCUT2D eigenvalue weighted by molar-refractivity contribution is -0.113. The van der Waals surface area contributed by atoms with Crippen molar-refractivity contribution in [3.05, 3.63) is 45.1 Å². The molecule has 0 aliphatic heterocycles. The largest absolute Gasteiger partial charge is 0.378 e. The number of H-pyrrole nitrogens is 1. The lowest BCUT2D eigenvalue weighted by Gasteiger charge is -2.13. The molecule has 0 bridgehead atoms. The number of thioether (sulfide) groups is 1. The molecule has 1 atom stereocenters. The molecular formula is C22H28N4O2S2. The number of rotatable bonds is 8. The molecule has 0 saturated heterocycles. The molecule has 3 aromatic rings. The number of aromatic nitrogens is 2. The second kappa shape index (κ2) is 9.66. The topological polar surface area (TPSA) is 78.1 Å². The standard InChI is InChI=1S/C22H28N4O2S2/c1-6-13(2)11-17-14(3)30-21-19(17)20(28)24-22(25-21)29-12-18(27)23-15-7-9-16(10-8-15)26(4)5/h7-10,13H,6,11-12H2,1-5H3,(H,23,27)(H,24,25,28). The Bertz CT molecular complexity index is 1090. The van der Waals surface area contributed by atoms with Crippen LogP contribution in [0.15, 0.2) is 34.2 Å². The van der Waals surface area contributed by atoms with E-state index in [2.05, 4.69) is 29.1 Å². The first kappa shape index (κ1) is 22.4. The van der Waals surface area contributed by atoms with Crippen LogP contribution >= 0.6 is 23.1 Å². The molecule has 30 heavy (non-hydrogen) atoms. The zero-order valence-corrected chi connectivity index (χ0v) is 19.7. The smallest absolute Gasteiger partial charge is 0.260 e. The third-order valence-electron chi connectivity index (χ3n) is 5.10. The summed E-state index contributed by atoms with van der Waals surface area (Å²) in [5.74, 6) is 0.555. The van der Waals surface area contributed by atoms with E-state index in [-0.39, 0.29) is 17.2 Å². The number of anilines is 2. The molecule has 0 radical (unpaired) electrons. The molecule has 3 rings (SSSR count). The summed E-state index contributed by atoms with van der Waals surface area (Å²) < 4.78 is 0. The van der Waals surface area contributed by atoms with E-state index >= 15 is 0 Å². The maximum absolute atomic E-state index is 12.7. The predicted octanol–water partition coefficient (Wildman–Crippen LogP) is 4.68. The van der Waals surface area contributed by atoms with E-state index in [1.54, 1.807) is 11.3 Å². The van der Waals surface area contributed by atoms with Crippen LogP contribution in [0.3, 0.4) is 0 Å². The number of hydrogen-bond donors (Lipinski definition) is 2. The van der Waals surface area contributed by atoms with E-state index < -0.39 is 0 Å². The van der Waals surface area contributed by atoms with Crippen LogP contribution in [0, 0.1) is 12.8 Å². The average molecular weight is 445 g/mol. The van der Waals surface area contributed by atoms with Crippen LogP contribution in [0.4, 0.5) is 11.4 Å². The molecule has 160 valence electrons. The summed E-state index contributed by atoms with van der Waals surface area (Å²) >= 11 is 2.79. The lowest BCUT2D eigenvalue weighted by Crippen LogP contribution is -2.16. The molecule has 1 unspecified atom stereocenters. The van der Waals surface area contributed by atoms with Crippen molar-refractivity contribution in [2.75, 3.05) is 30.1 Å². The number of hydrogen-bond acceptors (Lipinski definition) is 6. The Balaban J connectivity index is 1.69. The first-order valence-corrected chi connectivity index (χ1v) is 11.8. The third kappa shape index (κ3) is 5.23. The van der Waals surface area contributed by atoms with E-state index in [0.29, 0.717) is 16.5 Å². The van der Waals surface area contributed by atoms with Gasteiger partial charge in [-0.1, -0.05) is 32.0 Å². The van der Waals surface area contributed by atoms with E-state index in [1.807, 2.05) is 50.2 Å². The Labute approximate surface area is 185 Å². The average Bonchev–Trinajstić information content (AvgIpc) is 3.02. The normalized spacial score (nSPS) is 12.2. The van der Waals surface area contributed by atoms with Crippen molar-refractivity contribution in [3.8, 4) is 0 Å². The number of nitrogens with zero attached hydrogens (tertiary/aromatic N) is 2. The van der Waals surface area contributed by atoms with E-state index in [9.17, 15) is 9.59 Å². The molecular weight excluding hydrogens is 416 g/mol. The van der Waals surface area contributed by atoms with Crippen molar-refractivity contribution < 1.29 is 4.79 Å². The fourth-order valence-corrected chi connectivity index (χ4v) is 4.91. The number of carbonyl (C=O) groups is 1. The molecule has 0 aliphatic carbocycles. The van der Waals surface area contributed by atoms with Gasteiger partial charge in [-0.15, -0.1) is 11.3 Å². The predicted molar refractivity (Wildman–Crippen MR) is 128 cm³/mol. The summed E-state index contributed by atoms with van der Waals surface area (Å²) in [7, 11) is 3.94. The van der Waals surface area contributed by atoms with Crippen LogP contribution in [-0.4, -0.2) is 35.7 Å². The molecule has 0 aliphatic rings. The summed E-state index contributed by atoms with van der Waals surface area (Å²) in [5, 5.41) is 4.05. The highest BCUT2D eigenvalue weighted by atomic mass is 32.2. The number of benzene rings is 1. The highest BCUT2D eigenvalue weighted by Gasteiger charge is 2.17. The van der Waals surface area contributed by atoms with Gasteiger partial charge in [0.25, 0.3) is 5.56 Å². The van der Waals surface area contributed by atoms with E-state index in [4.69, 9.17) is 0 Å². The summed E-state index contributed by atoms with van der Waals surface area (Å²) in [6.07, 6.45) is 1.96. The minimum absolute atomic E-state index is 0.121. The quantitative estimate of drug-likeness (QED) is 0.390. The number of nitrogens with one attached hydrogen (secondary N) is 2. The van der Waals surface area contributed by atoms with Gasteiger partial charge in [0.1, 0.15) is 4.83 Å². The van der Waals surface area contributed by atoms with Gasteiger partial charge in [0.15, 0.2) is 5.16 Å². The second-order valence-electron chi connectivity index (χ2n) is 7.68. The van der Waals surface area contributed by atoms with Gasteiger partial charge in [-0.05, 0) is 49.1 Å². The van der Waals surface area contributed by atoms with Gasteiger partial charge >= 0.3 is 0 Å². The van der Waals surface area contributed by atoms with Crippen LogP contribution in [0.1, 0.15) is 30.7 Å². The fraction of sp³-hybridized carbons (Fsp3) is 0.409. The molecule has 1 aromatic carbocycles. The van der Waals surface area contributed by atoms with Gasteiger partial charge in [-0.25, -0.2) is 4.98 Å². The second-order valence-corrected chi connectivity index (χ2v) is 9.85. The Morgan fingerprint density at radius 1 is 1.30 bits per heavy atom. The number of aromatic amines is 1. The van der Waals surface area contributed by atoms with Crippen LogP contribution in [-0.2, 0) is 11.2 Å². The Morgan fingerprint density at radius 2 is 2.00 bits per heavy atom. The van der Waals surface area contributed by atoms with Crippen LogP contribution in [0.25, 0.3) is 10.2 Å². The summed E-state index contributed by atoms with van der Waals surface area (Å²) in [4.78, 5) is 36.4. The maximum atomic E-state index is 12.7. The van der Waals surface area contributed by atoms with Crippen molar-refractivity contribution in [1.29, 1.82) is 0 Å². The third-order valence-corrected chi connectivity index (χ3v) is 7.01. The Kier molecular flexibility index (Phi) is 7.20. The van der Waals surface area contributed by atoms with Gasteiger partial charge in [0.05, 0.1) is 11.1 Å². The first-order chi connectivity index (χ1) is 14.3. The zero-order valence-electron chi connectivity index (χ0n) is 18.0. The monoisotopic (exact) mass is 444 g/mol. The molecule has 0 saturated carbocycles. The Hall–Kier alpha value is -2.32. The van der Waals surface area contributed by atoms with E-state index in [1.165, 1.54) is 11.8 Å². The van der Waals surface area contributed by atoms with Crippen LogP contribution < -0.4 is 15.8 Å². The minimum atomic E-state index is -0.139. The van der Waals surface area contributed by atoms with Crippen molar-refractivity contribution in [1.82, 2.24) is 9.97 Å². The number of amides is 1.